The van der Waals surface area contributed by atoms with E-state index in [1.54, 1.807) is 19.0 Å². The summed E-state index contributed by atoms with van der Waals surface area (Å²) in [5, 5.41) is 9.56. The van der Waals surface area contributed by atoms with E-state index >= 15 is 0 Å². The standard InChI is InChI=1S/C11H22N2O2/c1-9-8-13(6-4-10(9)14)7-5-11(15)12(2)3/h9-10,14H,4-8H2,1-3H3. The first-order chi connectivity index (χ1) is 7.00. The first kappa shape index (κ1) is 12.5. The normalized spacial score (nSPS) is 27.7. The summed E-state index contributed by atoms with van der Waals surface area (Å²) in [6.45, 7) is 4.69. The molecule has 2 atom stereocenters. The first-order valence-corrected chi connectivity index (χ1v) is 5.61. The van der Waals surface area contributed by atoms with Gasteiger partial charge in [0, 0.05) is 40.2 Å². The van der Waals surface area contributed by atoms with Crippen molar-refractivity contribution in [3.63, 3.8) is 0 Å². The molecule has 0 saturated carbocycles. The van der Waals surface area contributed by atoms with E-state index in [4.69, 9.17) is 0 Å². The van der Waals surface area contributed by atoms with Gasteiger partial charge in [0.1, 0.15) is 0 Å². The molecule has 0 aromatic heterocycles. The molecule has 4 nitrogen and oxygen atoms in total. The fourth-order valence-electron chi connectivity index (χ4n) is 1.90. The number of nitrogens with zero attached hydrogens (tertiary/aromatic N) is 2. The highest BCUT2D eigenvalue weighted by atomic mass is 16.3. The Labute approximate surface area is 91.9 Å². The van der Waals surface area contributed by atoms with Crippen molar-refractivity contribution in [3.8, 4) is 0 Å². The van der Waals surface area contributed by atoms with Gasteiger partial charge in [0.05, 0.1) is 6.10 Å². The number of rotatable bonds is 3. The molecule has 4 heteroatoms. The molecule has 1 amide bonds. The lowest BCUT2D eigenvalue weighted by atomic mass is 9.97. The molecule has 1 aliphatic rings. The molecule has 1 rings (SSSR count). The highest BCUT2D eigenvalue weighted by molar-refractivity contribution is 5.75. The van der Waals surface area contributed by atoms with Crippen LogP contribution in [0, 0.1) is 5.92 Å². The van der Waals surface area contributed by atoms with Gasteiger partial charge in [-0.15, -0.1) is 0 Å². The Balaban J connectivity index is 2.25. The van der Waals surface area contributed by atoms with Gasteiger partial charge >= 0.3 is 0 Å². The van der Waals surface area contributed by atoms with Gasteiger partial charge in [0.15, 0.2) is 0 Å². The van der Waals surface area contributed by atoms with Crippen LogP contribution in [0.1, 0.15) is 19.8 Å². The summed E-state index contributed by atoms with van der Waals surface area (Å²) in [6.07, 6.45) is 1.25. The number of hydrogen-bond acceptors (Lipinski definition) is 3. The summed E-state index contributed by atoms with van der Waals surface area (Å²) < 4.78 is 0. The minimum absolute atomic E-state index is 0.161. The van der Waals surface area contributed by atoms with Gasteiger partial charge in [0.25, 0.3) is 0 Å². The lowest BCUT2D eigenvalue weighted by molar-refractivity contribution is -0.129. The zero-order valence-corrected chi connectivity index (χ0v) is 9.94. The summed E-state index contributed by atoms with van der Waals surface area (Å²) in [6, 6.07) is 0. The molecule has 0 aromatic carbocycles. The summed E-state index contributed by atoms with van der Waals surface area (Å²) in [5.74, 6) is 0.502. The Bertz CT molecular complexity index is 219. The number of aliphatic hydroxyl groups is 1. The van der Waals surface area contributed by atoms with Crippen LogP contribution in [0.2, 0.25) is 0 Å². The Hall–Kier alpha value is -0.610. The Morgan fingerprint density at radius 3 is 2.73 bits per heavy atom. The van der Waals surface area contributed by atoms with Gasteiger partial charge in [-0.3, -0.25) is 4.79 Å². The van der Waals surface area contributed by atoms with E-state index in [1.807, 2.05) is 0 Å². The molecule has 0 aromatic rings. The zero-order valence-electron chi connectivity index (χ0n) is 9.94. The third-order valence-corrected chi connectivity index (χ3v) is 3.08. The number of piperidine rings is 1. The third kappa shape index (κ3) is 3.80. The molecule has 15 heavy (non-hydrogen) atoms. The van der Waals surface area contributed by atoms with E-state index in [1.165, 1.54) is 0 Å². The summed E-state index contributed by atoms with van der Waals surface area (Å²) in [5.41, 5.74) is 0. The van der Waals surface area contributed by atoms with E-state index in [0.717, 1.165) is 26.1 Å². The quantitative estimate of drug-likeness (QED) is 0.728. The second kappa shape index (κ2) is 5.47. The predicted molar refractivity (Wildman–Crippen MR) is 59.5 cm³/mol. The number of amides is 1. The number of carbonyl (C=O) groups excluding carboxylic acids is 1. The molecule has 1 aliphatic heterocycles. The maximum atomic E-state index is 11.4. The number of likely N-dealkylation sites (tertiary alicyclic amines) is 1. The fourth-order valence-corrected chi connectivity index (χ4v) is 1.90. The molecular formula is C11H22N2O2. The van der Waals surface area contributed by atoms with Crippen molar-refractivity contribution in [2.45, 2.75) is 25.9 Å². The second-order valence-corrected chi connectivity index (χ2v) is 4.67. The molecule has 2 unspecified atom stereocenters. The minimum Gasteiger partial charge on any atom is -0.393 e. The number of aliphatic hydroxyl groups excluding tert-OH is 1. The summed E-state index contributed by atoms with van der Waals surface area (Å²) in [4.78, 5) is 15.3. The molecule has 88 valence electrons. The molecular weight excluding hydrogens is 192 g/mol. The smallest absolute Gasteiger partial charge is 0.223 e. The van der Waals surface area contributed by atoms with Crippen molar-refractivity contribution in [1.29, 1.82) is 0 Å². The molecule has 1 saturated heterocycles. The maximum Gasteiger partial charge on any atom is 0.223 e. The second-order valence-electron chi connectivity index (χ2n) is 4.67. The van der Waals surface area contributed by atoms with Crippen molar-refractivity contribution >= 4 is 5.91 Å². The van der Waals surface area contributed by atoms with Crippen LogP contribution in [0.25, 0.3) is 0 Å². The number of carbonyl (C=O) groups is 1. The van der Waals surface area contributed by atoms with Crippen LogP contribution in [0.15, 0.2) is 0 Å². The Morgan fingerprint density at radius 1 is 1.53 bits per heavy atom. The predicted octanol–water partition coefficient (Wildman–Crippen LogP) is 0.167. The minimum atomic E-state index is -0.161. The van der Waals surface area contributed by atoms with E-state index in [9.17, 15) is 9.90 Å². The lowest BCUT2D eigenvalue weighted by Crippen LogP contribution is -2.43. The zero-order chi connectivity index (χ0) is 11.4. The summed E-state index contributed by atoms with van der Waals surface area (Å²) >= 11 is 0. The van der Waals surface area contributed by atoms with Crippen molar-refractivity contribution in [3.05, 3.63) is 0 Å². The van der Waals surface area contributed by atoms with E-state index < -0.39 is 0 Å². The average Bonchev–Trinajstić information content (AvgIpc) is 2.19. The van der Waals surface area contributed by atoms with Crippen LogP contribution in [0.5, 0.6) is 0 Å². The molecule has 0 radical (unpaired) electrons. The molecule has 1 heterocycles. The van der Waals surface area contributed by atoms with Gasteiger partial charge in [-0.1, -0.05) is 6.92 Å². The monoisotopic (exact) mass is 214 g/mol. The van der Waals surface area contributed by atoms with Crippen LogP contribution in [-0.2, 0) is 4.79 Å². The summed E-state index contributed by atoms with van der Waals surface area (Å²) in [7, 11) is 3.57. The largest absolute Gasteiger partial charge is 0.393 e. The van der Waals surface area contributed by atoms with E-state index in [2.05, 4.69) is 11.8 Å². The molecule has 0 aliphatic carbocycles. The Kier molecular flexibility index (Phi) is 4.54. The van der Waals surface area contributed by atoms with Crippen molar-refractivity contribution < 1.29 is 9.90 Å². The first-order valence-electron chi connectivity index (χ1n) is 5.61. The highest BCUT2D eigenvalue weighted by Gasteiger charge is 2.24. The van der Waals surface area contributed by atoms with E-state index in [0.29, 0.717) is 12.3 Å². The van der Waals surface area contributed by atoms with Crippen LogP contribution < -0.4 is 0 Å². The van der Waals surface area contributed by atoms with Gasteiger partial charge in [-0.2, -0.15) is 0 Å². The lowest BCUT2D eigenvalue weighted by Gasteiger charge is -2.34. The highest BCUT2D eigenvalue weighted by Crippen LogP contribution is 2.16. The van der Waals surface area contributed by atoms with Crippen molar-refractivity contribution in [1.82, 2.24) is 9.80 Å². The fraction of sp³-hybridized carbons (Fsp3) is 0.909. The molecule has 1 N–H and O–H groups in total. The van der Waals surface area contributed by atoms with Crippen LogP contribution in [0.3, 0.4) is 0 Å². The SMILES string of the molecule is CC1CN(CCC(=O)N(C)C)CCC1O. The third-order valence-electron chi connectivity index (χ3n) is 3.08. The van der Waals surface area contributed by atoms with Gasteiger partial charge in [-0.05, 0) is 12.3 Å². The number of hydrogen-bond donors (Lipinski definition) is 1. The Morgan fingerprint density at radius 2 is 2.20 bits per heavy atom. The van der Waals surface area contributed by atoms with E-state index in [-0.39, 0.29) is 12.0 Å². The van der Waals surface area contributed by atoms with Gasteiger partial charge in [0.2, 0.25) is 5.91 Å². The van der Waals surface area contributed by atoms with Crippen LogP contribution >= 0.6 is 0 Å². The van der Waals surface area contributed by atoms with Gasteiger partial charge in [-0.25, -0.2) is 0 Å². The molecule has 0 bridgehead atoms. The maximum absolute atomic E-state index is 11.4. The average molecular weight is 214 g/mol. The van der Waals surface area contributed by atoms with Gasteiger partial charge < -0.3 is 14.9 Å². The molecule has 0 spiro atoms. The van der Waals surface area contributed by atoms with Crippen LogP contribution in [-0.4, -0.2) is 60.6 Å². The topological polar surface area (TPSA) is 43.8 Å². The van der Waals surface area contributed by atoms with Crippen molar-refractivity contribution in [2.75, 3.05) is 33.7 Å². The molecule has 1 fully saturated rings. The van der Waals surface area contributed by atoms with Crippen molar-refractivity contribution in [2.24, 2.45) is 5.92 Å². The van der Waals surface area contributed by atoms with Crippen LogP contribution in [0.4, 0.5) is 0 Å².